The van der Waals surface area contributed by atoms with E-state index in [4.69, 9.17) is 0 Å². The molecule has 4 rings (SSSR count). The second-order valence-corrected chi connectivity index (χ2v) is 9.32. The summed E-state index contributed by atoms with van der Waals surface area (Å²) in [5, 5.41) is 8.61. The Morgan fingerprint density at radius 2 is 1.80 bits per heavy atom. The molecular weight excluding hydrogens is 487 g/mol. The highest BCUT2D eigenvalue weighted by molar-refractivity contribution is 8.00. The summed E-state index contributed by atoms with van der Waals surface area (Å²) >= 11 is -0.414. The molecule has 0 saturated heterocycles. The normalized spacial score (nSPS) is 13.8. The molecule has 11 heteroatoms. The van der Waals surface area contributed by atoms with Gasteiger partial charge in [0.2, 0.25) is 0 Å². The number of thioether (sulfide) groups is 1. The van der Waals surface area contributed by atoms with Gasteiger partial charge in [-0.05, 0) is 86.0 Å². The number of halogens is 5. The Balaban J connectivity index is 1.60. The van der Waals surface area contributed by atoms with Gasteiger partial charge in [0.15, 0.2) is 0 Å². The van der Waals surface area contributed by atoms with E-state index in [-0.39, 0.29) is 33.7 Å². The van der Waals surface area contributed by atoms with Gasteiger partial charge < -0.3 is 16.0 Å². The van der Waals surface area contributed by atoms with Crippen molar-refractivity contribution in [2.45, 2.75) is 42.6 Å². The van der Waals surface area contributed by atoms with E-state index in [0.29, 0.717) is 11.3 Å². The molecule has 0 bridgehead atoms. The molecule has 3 N–H and O–H groups in total. The van der Waals surface area contributed by atoms with Crippen LogP contribution in [0.1, 0.15) is 35.2 Å². The van der Waals surface area contributed by atoms with Crippen molar-refractivity contribution in [3.05, 3.63) is 71.4 Å². The number of pyridine rings is 1. The molecule has 1 heterocycles. The molecule has 1 aliphatic carbocycles. The van der Waals surface area contributed by atoms with Crippen LogP contribution in [-0.2, 0) is 0 Å². The lowest BCUT2D eigenvalue weighted by atomic mass is 9.93. The number of alkyl halides is 3. The van der Waals surface area contributed by atoms with E-state index in [9.17, 15) is 26.7 Å². The van der Waals surface area contributed by atoms with Crippen molar-refractivity contribution in [1.82, 2.24) is 10.3 Å². The summed E-state index contributed by atoms with van der Waals surface area (Å²) in [4.78, 5) is 16.9. The van der Waals surface area contributed by atoms with Gasteiger partial charge >= 0.3 is 5.51 Å². The van der Waals surface area contributed by atoms with Crippen LogP contribution in [-0.4, -0.2) is 22.4 Å². The lowest BCUT2D eigenvalue weighted by Crippen LogP contribution is -2.39. The summed E-state index contributed by atoms with van der Waals surface area (Å²) in [5.41, 5.74) is -3.14. The first-order chi connectivity index (χ1) is 16.6. The molecule has 184 valence electrons. The summed E-state index contributed by atoms with van der Waals surface area (Å²) in [5.74, 6) is -1.57. The van der Waals surface area contributed by atoms with Crippen LogP contribution in [0.4, 0.5) is 44.8 Å². The topological polar surface area (TPSA) is 66.0 Å². The molecule has 1 amide bonds. The van der Waals surface area contributed by atoms with Gasteiger partial charge in [-0.15, -0.1) is 0 Å². The monoisotopic (exact) mass is 508 g/mol. The second-order valence-electron chi connectivity index (χ2n) is 8.18. The van der Waals surface area contributed by atoms with Crippen LogP contribution >= 0.6 is 11.8 Å². The molecule has 1 aliphatic rings. The van der Waals surface area contributed by atoms with Gasteiger partial charge in [-0.3, -0.25) is 4.79 Å². The first kappa shape index (κ1) is 24.8. The highest BCUT2D eigenvalue weighted by atomic mass is 32.2. The minimum absolute atomic E-state index is 0.0412. The Morgan fingerprint density at radius 1 is 1.03 bits per heavy atom. The number of rotatable bonds is 7. The van der Waals surface area contributed by atoms with Gasteiger partial charge in [-0.1, -0.05) is 0 Å². The van der Waals surface area contributed by atoms with Crippen molar-refractivity contribution >= 4 is 40.5 Å². The molecule has 35 heavy (non-hydrogen) atoms. The predicted octanol–water partition coefficient (Wildman–Crippen LogP) is 7.05. The van der Waals surface area contributed by atoms with Crippen LogP contribution in [0.3, 0.4) is 0 Å². The number of benzene rings is 2. The van der Waals surface area contributed by atoms with Gasteiger partial charge in [0.25, 0.3) is 5.91 Å². The first-order valence-corrected chi connectivity index (χ1v) is 11.5. The fourth-order valence-electron chi connectivity index (χ4n) is 3.52. The molecule has 0 spiro atoms. The molecule has 0 unspecified atom stereocenters. The number of nitrogens with one attached hydrogen (secondary N) is 3. The molecule has 0 radical (unpaired) electrons. The molecule has 5 nitrogen and oxygen atoms in total. The molecule has 1 fully saturated rings. The van der Waals surface area contributed by atoms with Crippen LogP contribution in [0.2, 0.25) is 0 Å². The minimum atomic E-state index is -4.53. The first-order valence-electron chi connectivity index (χ1n) is 10.7. The van der Waals surface area contributed by atoms with Crippen LogP contribution < -0.4 is 16.0 Å². The zero-order valence-electron chi connectivity index (χ0n) is 18.5. The van der Waals surface area contributed by atoms with E-state index in [1.54, 1.807) is 13.0 Å². The third kappa shape index (κ3) is 6.62. The highest BCUT2D eigenvalue weighted by Crippen LogP contribution is 2.38. The smallest absolute Gasteiger partial charge is 0.352 e. The largest absolute Gasteiger partial charge is 0.446 e. The number of nitrogens with zero attached hydrogens (tertiary/aromatic N) is 1. The minimum Gasteiger partial charge on any atom is -0.352 e. The molecule has 2 aromatic carbocycles. The maximum Gasteiger partial charge on any atom is 0.446 e. The van der Waals surface area contributed by atoms with Crippen molar-refractivity contribution < 1.29 is 26.7 Å². The van der Waals surface area contributed by atoms with Gasteiger partial charge in [0, 0.05) is 16.6 Å². The highest BCUT2D eigenvalue weighted by Gasteiger charge is 2.29. The summed E-state index contributed by atoms with van der Waals surface area (Å²) < 4.78 is 65.9. The fraction of sp³-hybridized carbons (Fsp3) is 0.250. The van der Waals surface area contributed by atoms with Crippen molar-refractivity contribution in [2.24, 2.45) is 0 Å². The second kappa shape index (κ2) is 10.1. The number of amides is 1. The number of anilines is 4. The molecule has 3 aromatic rings. The van der Waals surface area contributed by atoms with Gasteiger partial charge in [0.1, 0.15) is 17.5 Å². The molecular formula is C24H21F5N4OS. The number of carbonyl (C=O) groups is 1. The lowest BCUT2D eigenvalue weighted by Gasteiger charge is -2.26. The van der Waals surface area contributed by atoms with Crippen LogP contribution in [0.5, 0.6) is 0 Å². The van der Waals surface area contributed by atoms with E-state index in [2.05, 4.69) is 20.9 Å². The van der Waals surface area contributed by atoms with Gasteiger partial charge in [-0.2, -0.15) is 13.2 Å². The Kier molecular flexibility index (Phi) is 7.15. The van der Waals surface area contributed by atoms with Crippen LogP contribution in [0, 0.1) is 18.6 Å². The molecule has 0 aliphatic heterocycles. The Labute approximate surface area is 202 Å². The van der Waals surface area contributed by atoms with Crippen LogP contribution in [0.25, 0.3) is 0 Å². The molecule has 1 saturated carbocycles. The molecule has 1 aromatic heterocycles. The maximum atomic E-state index is 14.4. The van der Waals surface area contributed by atoms with E-state index >= 15 is 0 Å². The third-order valence-corrected chi connectivity index (χ3v) is 6.05. The predicted molar refractivity (Wildman–Crippen MR) is 125 cm³/mol. The lowest BCUT2D eigenvalue weighted by molar-refractivity contribution is -0.0328. The van der Waals surface area contributed by atoms with Crippen molar-refractivity contribution in [1.29, 1.82) is 0 Å². The Hall–Kier alpha value is -3.34. The van der Waals surface area contributed by atoms with Crippen molar-refractivity contribution in [3.63, 3.8) is 0 Å². The fourth-order valence-corrected chi connectivity index (χ4v) is 4.08. The number of hydrogen-bond donors (Lipinski definition) is 3. The Bertz CT molecular complexity index is 1230. The Morgan fingerprint density at radius 3 is 2.43 bits per heavy atom. The van der Waals surface area contributed by atoms with Gasteiger partial charge in [0.05, 0.1) is 23.1 Å². The number of hydrogen-bond acceptors (Lipinski definition) is 5. The zero-order chi connectivity index (χ0) is 25.2. The summed E-state index contributed by atoms with van der Waals surface area (Å²) in [6.07, 6.45) is 4.07. The van der Waals surface area contributed by atoms with Gasteiger partial charge in [-0.25, -0.2) is 13.8 Å². The van der Waals surface area contributed by atoms with Crippen LogP contribution in [0.15, 0.2) is 53.6 Å². The number of carbonyl (C=O) groups excluding carboxylic acids is 1. The zero-order valence-corrected chi connectivity index (χ0v) is 19.3. The van der Waals surface area contributed by atoms with E-state index in [1.165, 1.54) is 30.5 Å². The third-order valence-electron chi connectivity index (χ3n) is 5.33. The van der Waals surface area contributed by atoms with E-state index in [0.717, 1.165) is 31.4 Å². The average Bonchev–Trinajstić information content (AvgIpc) is 2.71. The number of aromatic nitrogens is 1. The maximum absolute atomic E-state index is 14.4. The summed E-state index contributed by atoms with van der Waals surface area (Å²) in [6.45, 7) is 1.73. The molecule has 0 atom stereocenters. The summed E-state index contributed by atoms with van der Waals surface area (Å²) in [6, 6.07) is 8.92. The number of aryl methyl sites for hydroxylation is 1. The van der Waals surface area contributed by atoms with Crippen molar-refractivity contribution in [2.75, 3.05) is 10.6 Å². The quantitative estimate of drug-likeness (QED) is 0.236. The SMILES string of the molecule is Cc1cc(F)cc(Nc2ncc(Nc3ccc(SC(F)(F)F)cc3F)cc2C(=O)NC2CCC2)c1. The summed E-state index contributed by atoms with van der Waals surface area (Å²) in [7, 11) is 0. The standard InChI is InChI=1S/C24H21F5N4OS/c1-13-7-14(25)9-16(8-13)32-22-19(23(34)33-15-3-2-4-15)10-17(12-30-22)31-21-6-5-18(11-20(21)26)35-24(27,28)29/h5-12,15,31H,2-4H2,1H3,(H,30,32)(H,33,34). The van der Waals surface area contributed by atoms with Crippen molar-refractivity contribution in [3.8, 4) is 0 Å². The average molecular weight is 509 g/mol. The van der Waals surface area contributed by atoms with E-state index < -0.39 is 34.8 Å². The van der Waals surface area contributed by atoms with E-state index in [1.807, 2.05) is 0 Å².